The molecule has 1 fully saturated rings. The van der Waals surface area contributed by atoms with Crippen molar-refractivity contribution in [3.8, 4) is 0 Å². The lowest BCUT2D eigenvalue weighted by Crippen LogP contribution is -1.95. The summed E-state index contributed by atoms with van der Waals surface area (Å²) < 4.78 is 0. The van der Waals surface area contributed by atoms with Gasteiger partial charge in [-0.05, 0) is 49.1 Å². The third-order valence-corrected chi connectivity index (χ3v) is 4.25. The fourth-order valence-corrected chi connectivity index (χ4v) is 3.15. The number of hydrogen-bond donors (Lipinski definition) is 0. The molecule has 0 amide bonds. The lowest BCUT2D eigenvalue weighted by molar-refractivity contribution is 0.685. The lowest BCUT2D eigenvalue weighted by Gasteiger charge is -2.12. The molecule has 2 aromatic carbocycles. The highest BCUT2D eigenvalue weighted by molar-refractivity contribution is 5.28. The highest BCUT2D eigenvalue weighted by atomic mass is 14.3. The molecule has 0 saturated heterocycles. The van der Waals surface area contributed by atoms with Crippen LogP contribution < -0.4 is 0 Å². The number of benzene rings is 2. The van der Waals surface area contributed by atoms with E-state index in [2.05, 4.69) is 61.5 Å². The molecule has 0 N–H and O–H groups in total. The Morgan fingerprint density at radius 2 is 1.28 bits per heavy atom. The maximum Gasteiger partial charge on any atom is -0.0156 e. The van der Waals surface area contributed by atoms with Gasteiger partial charge >= 0.3 is 0 Å². The Labute approximate surface area is 110 Å². The second kappa shape index (κ2) is 4.97. The zero-order chi connectivity index (χ0) is 12.4. The molecule has 92 valence electrons. The van der Waals surface area contributed by atoms with Crippen LogP contribution in [0.1, 0.15) is 47.8 Å². The second-order valence-electron chi connectivity index (χ2n) is 5.53. The van der Waals surface area contributed by atoms with Crippen LogP contribution in [0.25, 0.3) is 0 Å². The minimum Gasteiger partial charge on any atom is -0.0622 e. The van der Waals surface area contributed by atoms with E-state index in [9.17, 15) is 0 Å². The van der Waals surface area contributed by atoms with Gasteiger partial charge in [-0.25, -0.2) is 0 Å². The van der Waals surface area contributed by atoms with Crippen LogP contribution in [0.5, 0.6) is 0 Å². The zero-order valence-electron chi connectivity index (χ0n) is 11.0. The molecule has 1 saturated carbocycles. The van der Waals surface area contributed by atoms with Gasteiger partial charge in [0.2, 0.25) is 0 Å². The molecule has 0 nitrogen and oxygen atoms in total. The van der Waals surface area contributed by atoms with Crippen LogP contribution in [-0.4, -0.2) is 0 Å². The predicted octanol–water partition coefficient (Wildman–Crippen LogP) is 5.05. The molecule has 18 heavy (non-hydrogen) atoms. The minimum atomic E-state index is 0.760. The van der Waals surface area contributed by atoms with E-state index in [-0.39, 0.29) is 0 Å². The van der Waals surface area contributed by atoms with Gasteiger partial charge in [0.05, 0.1) is 0 Å². The third kappa shape index (κ3) is 2.33. The van der Waals surface area contributed by atoms with Crippen LogP contribution in [0, 0.1) is 6.92 Å². The van der Waals surface area contributed by atoms with Crippen molar-refractivity contribution in [1.29, 1.82) is 0 Å². The average Bonchev–Trinajstić information content (AvgIpc) is 2.90. The van der Waals surface area contributed by atoms with Crippen molar-refractivity contribution in [2.24, 2.45) is 0 Å². The summed E-state index contributed by atoms with van der Waals surface area (Å²) in [5.41, 5.74) is 4.41. The largest absolute Gasteiger partial charge is 0.0622 e. The molecule has 0 aliphatic heterocycles. The van der Waals surface area contributed by atoms with Crippen LogP contribution in [0.4, 0.5) is 0 Å². The van der Waals surface area contributed by atoms with Crippen molar-refractivity contribution < 1.29 is 0 Å². The van der Waals surface area contributed by atoms with Gasteiger partial charge in [-0.3, -0.25) is 0 Å². The van der Waals surface area contributed by atoms with Gasteiger partial charge < -0.3 is 0 Å². The van der Waals surface area contributed by atoms with E-state index >= 15 is 0 Å². The van der Waals surface area contributed by atoms with Crippen LogP contribution in [-0.2, 0) is 0 Å². The maximum absolute atomic E-state index is 2.31. The Kier molecular flexibility index (Phi) is 3.19. The van der Waals surface area contributed by atoms with E-state index in [4.69, 9.17) is 0 Å². The van der Waals surface area contributed by atoms with Crippen LogP contribution in [0.3, 0.4) is 0 Å². The van der Waals surface area contributed by atoms with Gasteiger partial charge in [-0.1, -0.05) is 60.2 Å². The van der Waals surface area contributed by atoms with Crippen molar-refractivity contribution in [1.82, 2.24) is 0 Å². The molecule has 0 bridgehead atoms. The number of hydrogen-bond acceptors (Lipinski definition) is 0. The molecule has 1 aliphatic carbocycles. The van der Waals surface area contributed by atoms with Crippen molar-refractivity contribution in [2.45, 2.75) is 38.0 Å². The summed E-state index contributed by atoms with van der Waals surface area (Å²) in [5, 5.41) is 0. The summed E-state index contributed by atoms with van der Waals surface area (Å²) in [6, 6.07) is 20.1. The Bertz CT molecular complexity index is 495. The first kappa shape index (κ1) is 11.5. The first-order valence-electron chi connectivity index (χ1n) is 6.94. The molecule has 0 radical (unpaired) electrons. The molecular weight excluding hydrogens is 216 g/mol. The Morgan fingerprint density at radius 1 is 0.722 bits per heavy atom. The van der Waals surface area contributed by atoms with Gasteiger partial charge in [-0.15, -0.1) is 0 Å². The van der Waals surface area contributed by atoms with E-state index in [1.807, 2.05) is 0 Å². The summed E-state index contributed by atoms with van der Waals surface area (Å²) in [6.45, 7) is 2.16. The molecule has 2 unspecified atom stereocenters. The Morgan fingerprint density at radius 3 is 1.89 bits per heavy atom. The smallest absolute Gasteiger partial charge is 0.0156 e. The molecule has 3 rings (SSSR count). The SMILES string of the molecule is Cc1ccc(C2CCC(c3ccccc3)C2)cc1. The molecule has 2 atom stereocenters. The quantitative estimate of drug-likeness (QED) is 0.684. The van der Waals surface area contributed by atoms with Gasteiger partial charge in [0.1, 0.15) is 0 Å². The minimum absolute atomic E-state index is 0.760. The van der Waals surface area contributed by atoms with Gasteiger partial charge in [0.15, 0.2) is 0 Å². The maximum atomic E-state index is 2.31. The third-order valence-electron chi connectivity index (χ3n) is 4.25. The fraction of sp³-hybridized carbons (Fsp3) is 0.333. The van der Waals surface area contributed by atoms with Gasteiger partial charge in [0, 0.05) is 0 Å². The lowest BCUT2D eigenvalue weighted by atomic mass is 9.93. The van der Waals surface area contributed by atoms with E-state index in [0.29, 0.717) is 0 Å². The number of rotatable bonds is 2. The van der Waals surface area contributed by atoms with Crippen LogP contribution in [0.2, 0.25) is 0 Å². The van der Waals surface area contributed by atoms with Crippen LogP contribution in [0.15, 0.2) is 54.6 Å². The van der Waals surface area contributed by atoms with E-state index in [1.54, 1.807) is 0 Å². The molecule has 0 heteroatoms. The molecule has 0 spiro atoms. The molecule has 0 heterocycles. The highest BCUT2D eigenvalue weighted by Gasteiger charge is 2.26. The van der Waals surface area contributed by atoms with Crippen LogP contribution >= 0.6 is 0 Å². The van der Waals surface area contributed by atoms with E-state index < -0.39 is 0 Å². The second-order valence-corrected chi connectivity index (χ2v) is 5.53. The number of aryl methyl sites for hydroxylation is 1. The normalized spacial score (nSPS) is 23.2. The Hall–Kier alpha value is -1.56. The first-order valence-corrected chi connectivity index (χ1v) is 6.94. The topological polar surface area (TPSA) is 0 Å². The monoisotopic (exact) mass is 236 g/mol. The molecular formula is C18H20. The zero-order valence-corrected chi connectivity index (χ0v) is 11.0. The van der Waals surface area contributed by atoms with Crippen molar-refractivity contribution in [2.75, 3.05) is 0 Å². The molecule has 0 aromatic heterocycles. The highest BCUT2D eigenvalue weighted by Crippen LogP contribution is 2.43. The van der Waals surface area contributed by atoms with Gasteiger partial charge in [-0.2, -0.15) is 0 Å². The van der Waals surface area contributed by atoms with E-state index in [1.165, 1.54) is 36.0 Å². The van der Waals surface area contributed by atoms with Gasteiger partial charge in [0.25, 0.3) is 0 Å². The van der Waals surface area contributed by atoms with Crippen molar-refractivity contribution >= 4 is 0 Å². The Balaban J connectivity index is 1.74. The van der Waals surface area contributed by atoms with Crippen molar-refractivity contribution in [3.05, 3.63) is 71.3 Å². The molecule has 2 aromatic rings. The first-order chi connectivity index (χ1) is 8.83. The summed E-state index contributed by atoms with van der Waals surface area (Å²) in [7, 11) is 0. The molecule has 1 aliphatic rings. The van der Waals surface area contributed by atoms with E-state index in [0.717, 1.165) is 11.8 Å². The summed E-state index contributed by atoms with van der Waals surface area (Å²) in [4.78, 5) is 0. The van der Waals surface area contributed by atoms with Crippen molar-refractivity contribution in [3.63, 3.8) is 0 Å². The predicted molar refractivity (Wildman–Crippen MR) is 77.0 cm³/mol. The summed E-state index contributed by atoms with van der Waals surface area (Å²) in [5.74, 6) is 1.52. The summed E-state index contributed by atoms with van der Waals surface area (Å²) in [6.07, 6.45) is 3.98. The fourth-order valence-electron chi connectivity index (χ4n) is 3.15. The standard InChI is InChI=1S/C18H20/c1-14-7-9-16(10-8-14)18-12-11-17(13-18)15-5-3-2-4-6-15/h2-10,17-18H,11-13H2,1H3. The average molecular weight is 236 g/mol. The summed E-state index contributed by atoms with van der Waals surface area (Å²) >= 11 is 0.